The molecule has 0 spiro atoms. The molecule has 0 heterocycles. The number of nitrogens with one attached hydrogen (secondary N) is 1. The maximum Gasteiger partial charge on any atom is 0.407 e. The van der Waals surface area contributed by atoms with E-state index in [1.165, 1.54) is 7.11 Å². The molecule has 0 aromatic heterocycles. The molecule has 3 N–H and O–H groups in total. The standard InChI is InChI=1S/C19H20N2O4/c1-24-18(22)16-10-15(11-17(20)12-16)8-5-9-21-19(23)25-13-14-6-3-2-4-7-14/h2-8,10-12H,9,13,20H2,1H3,(H,21,23). The summed E-state index contributed by atoms with van der Waals surface area (Å²) in [6.07, 6.45) is 2.98. The second kappa shape index (κ2) is 9.12. The summed E-state index contributed by atoms with van der Waals surface area (Å²) in [5.41, 5.74) is 8.25. The van der Waals surface area contributed by atoms with Crippen molar-refractivity contribution in [2.45, 2.75) is 6.61 Å². The molecular formula is C19H20N2O4. The number of methoxy groups -OCH3 is 1. The van der Waals surface area contributed by atoms with E-state index in [4.69, 9.17) is 10.5 Å². The monoisotopic (exact) mass is 340 g/mol. The molecule has 0 radical (unpaired) electrons. The third-order valence-corrected chi connectivity index (χ3v) is 3.29. The minimum absolute atomic E-state index is 0.216. The Bertz CT molecular complexity index is 757. The Kier molecular flexibility index (Phi) is 6.59. The van der Waals surface area contributed by atoms with Gasteiger partial charge in [-0.15, -0.1) is 0 Å². The van der Waals surface area contributed by atoms with Crippen molar-refractivity contribution in [3.05, 3.63) is 71.3 Å². The first kappa shape index (κ1) is 18.1. The maximum atomic E-state index is 11.6. The summed E-state index contributed by atoms with van der Waals surface area (Å²) in [7, 11) is 1.31. The van der Waals surface area contributed by atoms with Gasteiger partial charge >= 0.3 is 12.1 Å². The Morgan fingerprint density at radius 3 is 2.64 bits per heavy atom. The average molecular weight is 340 g/mol. The van der Waals surface area contributed by atoms with E-state index in [1.807, 2.05) is 30.3 Å². The number of alkyl carbamates (subject to hydrolysis) is 1. The first-order valence-corrected chi connectivity index (χ1v) is 7.68. The van der Waals surface area contributed by atoms with E-state index in [2.05, 4.69) is 10.1 Å². The molecule has 0 aliphatic rings. The smallest absolute Gasteiger partial charge is 0.407 e. The van der Waals surface area contributed by atoms with Gasteiger partial charge in [-0.2, -0.15) is 0 Å². The highest BCUT2D eigenvalue weighted by Crippen LogP contribution is 2.14. The molecule has 2 rings (SSSR count). The number of hydrogen-bond donors (Lipinski definition) is 2. The van der Waals surface area contributed by atoms with E-state index >= 15 is 0 Å². The Hall–Kier alpha value is -3.28. The molecule has 0 bridgehead atoms. The first-order valence-electron chi connectivity index (χ1n) is 7.68. The predicted octanol–water partition coefficient (Wildman–Crippen LogP) is 3.00. The van der Waals surface area contributed by atoms with Gasteiger partial charge in [-0.25, -0.2) is 9.59 Å². The number of benzene rings is 2. The van der Waals surface area contributed by atoms with Crippen molar-refractivity contribution in [2.24, 2.45) is 0 Å². The number of carbonyl (C=O) groups is 2. The largest absolute Gasteiger partial charge is 0.465 e. The molecule has 6 nitrogen and oxygen atoms in total. The molecule has 6 heteroatoms. The van der Waals surface area contributed by atoms with Crippen LogP contribution in [0.15, 0.2) is 54.6 Å². The van der Waals surface area contributed by atoms with Crippen LogP contribution >= 0.6 is 0 Å². The van der Waals surface area contributed by atoms with Gasteiger partial charge in [0.25, 0.3) is 0 Å². The number of rotatable bonds is 6. The van der Waals surface area contributed by atoms with E-state index in [-0.39, 0.29) is 13.2 Å². The van der Waals surface area contributed by atoms with Crippen molar-refractivity contribution in [3.8, 4) is 0 Å². The topological polar surface area (TPSA) is 90.6 Å². The van der Waals surface area contributed by atoms with Crippen molar-refractivity contribution < 1.29 is 19.1 Å². The summed E-state index contributed by atoms with van der Waals surface area (Å²) in [4.78, 5) is 23.2. The number of ether oxygens (including phenoxy) is 2. The molecular weight excluding hydrogens is 320 g/mol. The lowest BCUT2D eigenvalue weighted by Crippen LogP contribution is -2.24. The molecule has 130 valence electrons. The number of amides is 1. The quantitative estimate of drug-likeness (QED) is 0.623. The first-order chi connectivity index (χ1) is 12.1. The molecule has 2 aromatic rings. The van der Waals surface area contributed by atoms with E-state index in [9.17, 15) is 9.59 Å². The van der Waals surface area contributed by atoms with Crippen LogP contribution in [0.1, 0.15) is 21.5 Å². The number of esters is 1. The lowest BCUT2D eigenvalue weighted by atomic mass is 10.1. The highest BCUT2D eigenvalue weighted by atomic mass is 16.5. The van der Waals surface area contributed by atoms with Crippen molar-refractivity contribution in [1.82, 2.24) is 5.32 Å². The molecule has 25 heavy (non-hydrogen) atoms. The van der Waals surface area contributed by atoms with E-state index in [0.717, 1.165) is 11.1 Å². The summed E-state index contributed by atoms with van der Waals surface area (Å²) in [5, 5.41) is 2.62. The number of nitrogens with two attached hydrogens (primary N) is 1. The second-order valence-corrected chi connectivity index (χ2v) is 5.22. The van der Waals surface area contributed by atoms with Crippen LogP contribution in [0, 0.1) is 0 Å². The van der Waals surface area contributed by atoms with Gasteiger partial charge in [0.05, 0.1) is 12.7 Å². The molecule has 0 fully saturated rings. The number of hydrogen-bond acceptors (Lipinski definition) is 5. The summed E-state index contributed by atoms with van der Waals surface area (Å²) in [6, 6.07) is 14.3. The van der Waals surface area contributed by atoms with Gasteiger partial charge in [0.15, 0.2) is 0 Å². The zero-order chi connectivity index (χ0) is 18.1. The fourth-order valence-corrected chi connectivity index (χ4v) is 2.12. The van der Waals surface area contributed by atoms with Gasteiger partial charge in [-0.1, -0.05) is 42.5 Å². The normalized spacial score (nSPS) is 10.4. The Morgan fingerprint density at radius 1 is 1.16 bits per heavy atom. The Morgan fingerprint density at radius 2 is 1.92 bits per heavy atom. The lowest BCUT2D eigenvalue weighted by Gasteiger charge is -2.05. The van der Waals surface area contributed by atoms with Crippen molar-refractivity contribution in [1.29, 1.82) is 0 Å². The van der Waals surface area contributed by atoms with Crippen LogP contribution in [0.25, 0.3) is 6.08 Å². The van der Waals surface area contributed by atoms with Crippen LogP contribution in [-0.4, -0.2) is 25.7 Å². The van der Waals surface area contributed by atoms with Crippen molar-refractivity contribution in [3.63, 3.8) is 0 Å². The SMILES string of the molecule is COC(=O)c1cc(N)cc(C=CCNC(=O)OCc2ccccc2)c1. The van der Waals surface area contributed by atoms with Crippen molar-refractivity contribution >= 4 is 23.8 Å². The molecule has 1 amide bonds. The zero-order valence-electron chi connectivity index (χ0n) is 13.9. The van der Waals surface area contributed by atoms with Gasteiger partial charge in [0.2, 0.25) is 0 Å². The van der Waals surface area contributed by atoms with Gasteiger partial charge in [-0.3, -0.25) is 0 Å². The second-order valence-electron chi connectivity index (χ2n) is 5.22. The van der Waals surface area contributed by atoms with Gasteiger partial charge in [0.1, 0.15) is 6.61 Å². The molecule has 0 aliphatic heterocycles. The molecule has 0 saturated heterocycles. The molecule has 2 aromatic carbocycles. The Balaban J connectivity index is 1.81. The minimum atomic E-state index is -0.503. The van der Waals surface area contributed by atoms with E-state index in [0.29, 0.717) is 11.3 Å². The summed E-state index contributed by atoms with van der Waals surface area (Å²) in [6.45, 7) is 0.504. The number of carbonyl (C=O) groups excluding carboxylic acids is 2. The fraction of sp³-hybridized carbons (Fsp3) is 0.158. The van der Waals surface area contributed by atoms with Crippen LogP contribution in [-0.2, 0) is 16.1 Å². The third kappa shape index (κ3) is 6.02. The lowest BCUT2D eigenvalue weighted by molar-refractivity contribution is 0.0600. The summed E-state index contributed by atoms with van der Waals surface area (Å²) >= 11 is 0. The van der Waals surface area contributed by atoms with E-state index in [1.54, 1.807) is 30.4 Å². The summed E-state index contributed by atoms with van der Waals surface area (Å²) < 4.78 is 9.77. The summed E-state index contributed by atoms with van der Waals surface area (Å²) in [5.74, 6) is -0.454. The van der Waals surface area contributed by atoms with Gasteiger partial charge < -0.3 is 20.5 Å². The van der Waals surface area contributed by atoms with Crippen LogP contribution < -0.4 is 11.1 Å². The van der Waals surface area contributed by atoms with Crippen LogP contribution in [0.5, 0.6) is 0 Å². The molecule has 0 saturated carbocycles. The fourth-order valence-electron chi connectivity index (χ4n) is 2.12. The Labute approximate surface area is 146 Å². The minimum Gasteiger partial charge on any atom is -0.465 e. The zero-order valence-corrected chi connectivity index (χ0v) is 13.9. The van der Waals surface area contributed by atoms with Crippen LogP contribution in [0.2, 0.25) is 0 Å². The molecule has 0 aliphatic carbocycles. The maximum absolute atomic E-state index is 11.6. The van der Waals surface area contributed by atoms with Crippen LogP contribution in [0.3, 0.4) is 0 Å². The van der Waals surface area contributed by atoms with Gasteiger partial charge in [-0.05, 0) is 29.3 Å². The highest BCUT2D eigenvalue weighted by Gasteiger charge is 2.06. The molecule has 0 unspecified atom stereocenters. The average Bonchev–Trinajstić information content (AvgIpc) is 2.63. The van der Waals surface area contributed by atoms with Crippen molar-refractivity contribution in [2.75, 3.05) is 19.4 Å². The van der Waals surface area contributed by atoms with Crippen LogP contribution in [0.4, 0.5) is 10.5 Å². The number of anilines is 1. The highest BCUT2D eigenvalue weighted by molar-refractivity contribution is 5.91. The third-order valence-electron chi connectivity index (χ3n) is 3.29. The molecule has 0 atom stereocenters. The van der Waals surface area contributed by atoms with E-state index < -0.39 is 12.1 Å². The number of nitrogen functional groups attached to an aromatic ring is 1. The predicted molar refractivity (Wildman–Crippen MR) is 95.9 cm³/mol. The van der Waals surface area contributed by atoms with Gasteiger partial charge in [0, 0.05) is 12.2 Å².